The lowest BCUT2D eigenvalue weighted by Gasteiger charge is -2.31. The first kappa shape index (κ1) is 9.01. The van der Waals surface area contributed by atoms with Crippen molar-refractivity contribution in [2.45, 2.75) is 45.2 Å². The third kappa shape index (κ3) is 2.80. The van der Waals surface area contributed by atoms with E-state index >= 15 is 0 Å². The van der Waals surface area contributed by atoms with E-state index in [-0.39, 0.29) is 0 Å². The summed E-state index contributed by atoms with van der Waals surface area (Å²) in [7, 11) is 0. The Morgan fingerprint density at radius 3 is 2.55 bits per heavy atom. The summed E-state index contributed by atoms with van der Waals surface area (Å²) < 4.78 is 5.10. The number of hydrogen-bond acceptors (Lipinski definition) is 2. The molecule has 11 heavy (non-hydrogen) atoms. The first-order chi connectivity index (χ1) is 5.36. The van der Waals surface area contributed by atoms with E-state index in [1.54, 1.807) is 0 Å². The van der Waals surface area contributed by atoms with Gasteiger partial charge in [-0.15, -0.1) is 0 Å². The molecule has 1 fully saturated rings. The Hall–Kier alpha value is -0.0800. The van der Waals surface area contributed by atoms with Crippen LogP contribution in [-0.4, -0.2) is 25.3 Å². The predicted molar refractivity (Wildman–Crippen MR) is 46.7 cm³/mol. The Kier molecular flexibility index (Phi) is 3.87. The van der Waals surface area contributed by atoms with Crippen LogP contribution in [0.2, 0.25) is 0 Å². The maximum absolute atomic E-state index is 5.10. The molecule has 1 aliphatic heterocycles. The van der Waals surface area contributed by atoms with Crippen molar-refractivity contribution in [1.29, 1.82) is 0 Å². The summed E-state index contributed by atoms with van der Waals surface area (Å²) in [6.45, 7) is 6.31. The number of ether oxygens (including phenoxy) is 1. The fraction of sp³-hybridized carbons (Fsp3) is 1.00. The molecule has 1 rings (SSSR count). The minimum Gasteiger partial charge on any atom is -0.378 e. The molecule has 0 amide bonds. The van der Waals surface area contributed by atoms with Crippen LogP contribution in [0.25, 0.3) is 0 Å². The van der Waals surface area contributed by atoms with Crippen molar-refractivity contribution in [3.8, 4) is 0 Å². The van der Waals surface area contributed by atoms with Gasteiger partial charge in [0, 0.05) is 6.04 Å². The number of hydrogen-bond donors (Lipinski definition) is 1. The SMILES string of the molecule is CCCC(CC)NC1COC1. The van der Waals surface area contributed by atoms with E-state index in [9.17, 15) is 0 Å². The van der Waals surface area contributed by atoms with Crippen molar-refractivity contribution >= 4 is 0 Å². The quantitative estimate of drug-likeness (QED) is 0.654. The third-order valence-corrected chi connectivity index (χ3v) is 2.24. The summed E-state index contributed by atoms with van der Waals surface area (Å²) in [5.74, 6) is 0. The van der Waals surface area contributed by atoms with Crippen molar-refractivity contribution in [2.75, 3.05) is 13.2 Å². The van der Waals surface area contributed by atoms with Crippen LogP contribution in [0.3, 0.4) is 0 Å². The summed E-state index contributed by atoms with van der Waals surface area (Å²) >= 11 is 0. The van der Waals surface area contributed by atoms with Gasteiger partial charge in [-0.25, -0.2) is 0 Å². The molecule has 0 aromatic heterocycles. The van der Waals surface area contributed by atoms with Crippen LogP contribution in [0.15, 0.2) is 0 Å². The molecule has 1 heterocycles. The summed E-state index contributed by atoms with van der Waals surface area (Å²) in [5, 5.41) is 3.58. The van der Waals surface area contributed by atoms with Gasteiger partial charge in [0.2, 0.25) is 0 Å². The predicted octanol–water partition coefficient (Wildman–Crippen LogP) is 1.55. The van der Waals surface area contributed by atoms with Crippen LogP contribution in [0, 0.1) is 0 Å². The van der Waals surface area contributed by atoms with Gasteiger partial charge < -0.3 is 10.1 Å². The van der Waals surface area contributed by atoms with E-state index in [0.717, 1.165) is 13.2 Å². The highest BCUT2D eigenvalue weighted by Gasteiger charge is 2.20. The van der Waals surface area contributed by atoms with Gasteiger partial charge in [-0.3, -0.25) is 0 Å². The molecule has 2 heteroatoms. The Morgan fingerprint density at radius 2 is 2.18 bits per heavy atom. The van der Waals surface area contributed by atoms with Crippen LogP contribution in [0.4, 0.5) is 0 Å². The van der Waals surface area contributed by atoms with E-state index in [1.165, 1.54) is 19.3 Å². The molecule has 0 bridgehead atoms. The van der Waals surface area contributed by atoms with Crippen LogP contribution in [-0.2, 0) is 4.74 Å². The molecule has 1 atom stereocenters. The average Bonchev–Trinajstić information content (AvgIpc) is 1.94. The molecular weight excluding hydrogens is 138 g/mol. The van der Waals surface area contributed by atoms with Crippen molar-refractivity contribution in [2.24, 2.45) is 0 Å². The van der Waals surface area contributed by atoms with Crippen LogP contribution in [0.5, 0.6) is 0 Å². The highest BCUT2D eigenvalue weighted by Crippen LogP contribution is 2.06. The van der Waals surface area contributed by atoms with Crippen molar-refractivity contribution in [1.82, 2.24) is 5.32 Å². The van der Waals surface area contributed by atoms with Gasteiger partial charge in [0.05, 0.1) is 19.3 Å². The molecule has 0 spiro atoms. The summed E-state index contributed by atoms with van der Waals surface area (Å²) in [6, 6.07) is 1.36. The lowest BCUT2D eigenvalue weighted by atomic mass is 10.1. The molecule has 1 unspecified atom stereocenters. The Balaban J connectivity index is 2.08. The van der Waals surface area contributed by atoms with Gasteiger partial charge in [-0.05, 0) is 12.8 Å². The second-order valence-electron chi connectivity index (χ2n) is 3.29. The van der Waals surface area contributed by atoms with E-state index < -0.39 is 0 Å². The molecule has 0 saturated carbocycles. The molecule has 1 saturated heterocycles. The molecule has 0 radical (unpaired) electrons. The van der Waals surface area contributed by atoms with Crippen molar-refractivity contribution in [3.05, 3.63) is 0 Å². The van der Waals surface area contributed by atoms with Crippen molar-refractivity contribution < 1.29 is 4.74 Å². The van der Waals surface area contributed by atoms with Gasteiger partial charge in [-0.2, -0.15) is 0 Å². The zero-order valence-corrected chi connectivity index (χ0v) is 7.60. The average molecular weight is 157 g/mol. The van der Waals surface area contributed by atoms with E-state index in [2.05, 4.69) is 19.2 Å². The molecule has 2 nitrogen and oxygen atoms in total. The van der Waals surface area contributed by atoms with Gasteiger partial charge >= 0.3 is 0 Å². The number of nitrogens with one attached hydrogen (secondary N) is 1. The topological polar surface area (TPSA) is 21.3 Å². The maximum Gasteiger partial charge on any atom is 0.0643 e. The molecule has 0 aromatic carbocycles. The number of rotatable bonds is 5. The lowest BCUT2D eigenvalue weighted by Crippen LogP contribution is -2.50. The minimum absolute atomic E-state index is 0.645. The van der Waals surface area contributed by atoms with Crippen molar-refractivity contribution in [3.63, 3.8) is 0 Å². The molecule has 1 N–H and O–H groups in total. The first-order valence-electron chi connectivity index (χ1n) is 4.70. The summed E-state index contributed by atoms with van der Waals surface area (Å²) in [4.78, 5) is 0. The van der Waals surface area contributed by atoms with Crippen LogP contribution >= 0.6 is 0 Å². The standard InChI is InChI=1S/C9H19NO/c1-3-5-8(4-2)10-9-6-11-7-9/h8-10H,3-7H2,1-2H3. The molecule has 0 aliphatic carbocycles. The minimum atomic E-state index is 0.645. The highest BCUT2D eigenvalue weighted by atomic mass is 16.5. The van der Waals surface area contributed by atoms with Gasteiger partial charge in [0.25, 0.3) is 0 Å². The molecule has 66 valence electrons. The second-order valence-corrected chi connectivity index (χ2v) is 3.29. The Bertz CT molecular complexity index is 102. The molecular formula is C9H19NO. The Morgan fingerprint density at radius 1 is 1.45 bits per heavy atom. The maximum atomic E-state index is 5.10. The third-order valence-electron chi connectivity index (χ3n) is 2.24. The van der Waals surface area contributed by atoms with Gasteiger partial charge in [0.15, 0.2) is 0 Å². The monoisotopic (exact) mass is 157 g/mol. The largest absolute Gasteiger partial charge is 0.378 e. The zero-order chi connectivity index (χ0) is 8.10. The second kappa shape index (κ2) is 4.73. The van der Waals surface area contributed by atoms with Crippen LogP contribution in [0.1, 0.15) is 33.1 Å². The Labute approximate surface area is 69.3 Å². The van der Waals surface area contributed by atoms with Gasteiger partial charge in [0.1, 0.15) is 0 Å². The van der Waals surface area contributed by atoms with Crippen LogP contribution < -0.4 is 5.32 Å². The fourth-order valence-corrected chi connectivity index (χ4v) is 1.42. The molecule has 1 aliphatic rings. The normalized spacial score (nSPS) is 21.3. The first-order valence-corrected chi connectivity index (χ1v) is 4.70. The smallest absolute Gasteiger partial charge is 0.0643 e. The summed E-state index contributed by atoms with van der Waals surface area (Å²) in [5.41, 5.74) is 0. The highest BCUT2D eigenvalue weighted by molar-refractivity contribution is 4.77. The van der Waals surface area contributed by atoms with Gasteiger partial charge in [-0.1, -0.05) is 20.3 Å². The zero-order valence-electron chi connectivity index (χ0n) is 7.60. The van der Waals surface area contributed by atoms with E-state index in [4.69, 9.17) is 4.74 Å². The lowest BCUT2D eigenvalue weighted by molar-refractivity contribution is -0.0106. The van der Waals surface area contributed by atoms with E-state index in [1.807, 2.05) is 0 Å². The summed E-state index contributed by atoms with van der Waals surface area (Å²) in [6.07, 6.45) is 3.82. The fourth-order valence-electron chi connectivity index (χ4n) is 1.42. The molecule has 0 aromatic rings. The van der Waals surface area contributed by atoms with E-state index in [0.29, 0.717) is 12.1 Å².